The zero-order valence-electron chi connectivity index (χ0n) is 5.49. The van der Waals surface area contributed by atoms with Crippen LogP contribution in [0.25, 0.3) is 0 Å². The average molecular weight is 343 g/mol. The molecule has 0 aromatic heterocycles. The minimum atomic E-state index is -3.56. The standard InChI is InChI=1S/CCl3F.CCl2F2.CH2Cl2/c2*2-1(3,4)5;2-1-3/h;;1H2. The van der Waals surface area contributed by atoms with E-state index in [-0.39, 0.29) is 5.34 Å². The quantitative estimate of drug-likeness (QED) is 0.494. The number of halogens is 10. The second-order valence-corrected chi connectivity index (χ2v) is 5.05. The summed E-state index contributed by atoms with van der Waals surface area (Å²) in [5.74, 6) is 0. The third-order valence-electron chi connectivity index (χ3n) is 0. The molecule has 0 atom stereocenters. The molecule has 0 heterocycles. The zero-order valence-corrected chi connectivity index (χ0v) is 10.8. The van der Waals surface area contributed by atoms with Crippen molar-refractivity contribution in [2.45, 2.75) is 8.89 Å². The smallest absolute Gasteiger partial charge is 0.189 e. The van der Waals surface area contributed by atoms with Crippen LogP contribution < -0.4 is 0 Å². The van der Waals surface area contributed by atoms with Gasteiger partial charge in [0.1, 0.15) is 0 Å². The van der Waals surface area contributed by atoms with Gasteiger partial charge in [-0.3, -0.25) is 0 Å². The van der Waals surface area contributed by atoms with Crippen LogP contribution in [0.1, 0.15) is 0 Å². The van der Waals surface area contributed by atoms with Crippen LogP contribution >= 0.6 is 81.2 Å². The first-order valence-corrected chi connectivity index (χ1v) is 5.01. The van der Waals surface area contributed by atoms with E-state index in [4.69, 9.17) is 23.2 Å². The van der Waals surface area contributed by atoms with Crippen LogP contribution in [0.15, 0.2) is 0 Å². The molecular formula is C3H2Cl7F3. The minimum absolute atomic E-state index is 0.194. The molecule has 0 nitrogen and oxygen atoms in total. The summed E-state index contributed by atoms with van der Waals surface area (Å²) in [5, 5.41) is 0.194. The first-order chi connectivity index (χ1) is 5.41. The first kappa shape index (κ1) is 20.3. The zero-order chi connectivity index (χ0) is 11.7. The van der Waals surface area contributed by atoms with Gasteiger partial charge in [0.2, 0.25) is 0 Å². The molecule has 0 N–H and O–H groups in total. The Morgan fingerprint density at radius 2 is 0.769 bits per heavy atom. The van der Waals surface area contributed by atoms with Crippen molar-refractivity contribution in [1.29, 1.82) is 0 Å². The van der Waals surface area contributed by atoms with Crippen molar-refractivity contribution >= 4 is 81.2 Å². The predicted molar refractivity (Wildman–Crippen MR) is 54.6 cm³/mol. The van der Waals surface area contributed by atoms with Crippen molar-refractivity contribution in [2.24, 2.45) is 0 Å². The molecule has 0 aromatic rings. The van der Waals surface area contributed by atoms with Gasteiger partial charge < -0.3 is 0 Å². The molecule has 0 rings (SSSR count). The van der Waals surface area contributed by atoms with Gasteiger partial charge in [0.15, 0.2) is 0 Å². The third kappa shape index (κ3) is 583. The van der Waals surface area contributed by atoms with E-state index in [9.17, 15) is 13.2 Å². The van der Waals surface area contributed by atoms with Gasteiger partial charge in [0, 0.05) is 0 Å². The third-order valence-corrected chi connectivity index (χ3v) is 0. The summed E-state index contributed by atoms with van der Waals surface area (Å²) in [4.78, 5) is -3.56. The van der Waals surface area contributed by atoms with Gasteiger partial charge in [-0.2, -0.15) is 13.2 Å². The Morgan fingerprint density at radius 3 is 0.769 bits per heavy atom. The predicted octanol–water partition coefficient (Wildman–Crippen LogP) is 5.72. The van der Waals surface area contributed by atoms with Gasteiger partial charge in [-0.25, -0.2) is 0 Å². The highest BCUT2D eigenvalue weighted by Gasteiger charge is 2.17. The van der Waals surface area contributed by atoms with Gasteiger partial charge in [-0.1, -0.05) is 0 Å². The van der Waals surface area contributed by atoms with Gasteiger partial charge >= 0.3 is 8.89 Å². The van der Waals surface area contributed by atoms with Crippen molar-refractivity contribution in [2.75, 3.05) is 5.34 Å². The molecule has 0 saturated carbocycles. The summed E-state index contributed by atoms with van der Waals surface area (Å²) in [7, 11) is 0. The van der Waals surface area contributed by atoms with Gasteiger partial charge in [-0.05, 0) is 58.0 Å². The Labute approximate surface area is 108 Å². The van der Waals surface area contributed by atoms with Crippen molar-refractivity contribution in [3.63, 3.8) is 0 Å². The summed E-state index contributed by atoms with van der Waals surface area (Å²) < 4.78 is 29.5. The first-order valence-electron chi connectivity index (χ1n) is 2.05. The molecule has 0 saturated heterocycles. The topological polar surface area (TPSA) is 0 Å². The Balaban J connectivity index is -0.000000120. The molecule has 0 fully saturated rings. The molecule has 0 aliphatic heterocycles. The fourth-order valence-corrected chi connectivity index (χ4v) is 0. The average Bonchev–Trinajstić information content (AvgIpc) is 1.52. The van der Waals surface area contributed by atoms with Crippen LogP contribution in [-0.4, -0.2) is 14.2 Å². The second kappa shape index (κ2) is 10.3. The highest BCUT2D eigenvalue weighted by atomic mass is 35.6. The van der Waals surface area contributed by atoms with Crippen molar-refractivity contribution in [1.82, 2.24) is 0 Å². The molecule has 0 aliphatic rings. The molecule has 0 spiro atoms. The van der Waals surface area contributed by atoms with Gasteiger partial charge in [0.25, 0.3) is 0 Å². The lowest BCUT2D eigenvalue weighted by atomic mass is 11.7. The normalized spacial score (nSPS) is 10.6. The summed E-state index contributed by atoms with van der Waals surface area (Å²) in [5.41, 5.74) is 0. The summed E-state index contributed by atoms with van der Waals surface area (Å²) in [6, 6.07) is 0. The molecule has 10 heteroatoms. The molecule has 84 valence electrons. The lowest BCUT2D eigenvalue weighted by molar-refractivity contribution is 0.194. The van der Waals surface area contributed by atoms with E-state index >= 15 is 0 Å². The van der Waals surface area contributed by atoms with Crippen LogP contribution in [0.2, 0.25) is 0 Å². The minimum Gasteiger partial charge on any atom is -0.189 e. The van der Waals surface area contributed by atoms with E-state index in [1.807, 2.05) is 0 Å². The van der Waals surface area contributed by atoms with Crippen LogP contribution in [0.4, 0.5) is 13.2 Å². The fourth-order valence-electron chi connectivity index (χ4n) is 0. The van der Waals surface area contributed by atoms with Crippen molar-refractivity contribution in [3.8, 4) is 0 Å². The largest absolute Gasteiger partial charge is 0.401 e. The van der Waals surface area contributed by atoms with Gasteiger partial charge in [0.05, 0.1) is 5.34 Å². The maximum absolute atomic E-state index is 11.0. The molecule has 0 radical (unpaired) electrons. The van der Waals surface area contributed by atoms with Crippen LogP contribution in [0, 0.1) is 0 Å². The lowest BCUT2D eigenvalue weighted by Gasteiger charge is -1.89. The van der Waals surface area contributed by atoms with E-state index in [1.54, 1.807) is 0 Å². The van der Waals surface area contributed by atoms with E-state index in [0.717, 1.165) is 0 Å². The van der Waals surface area contributed by atoms with Crippen molar-refractivity contribution in [3.05, 3.63) is 0 Å². The number of alkyl halides is 10. The molecule has 0 aromatic carbocycles. The number of rotatable bonds is 0. The highest BCUT2D eigenvalue weighted by Crippen LogP contribution is 2.26. The maximum Gasteiger partial charge on any atom is 0.401 e. The molecule has 0 unspecified atom stereocenters. The molecule has 0 aliphatic carbocycles. The monoisotopic (exact) mass is 340 g/mol. The van der Waals surface area contributed by atoms with Crippen molar-refractivity contribution < 1.29 is 13.2 Å². The lowest BCUT2D eigenvalue weighted by Crippen LogP contribution is -1.86. The number of hydrogen-bond acceptors (Lipinski definition) is 0. The van der Waals surface area contributed by atoms with Crippen LogP contribution in [0.5, 0.6) is 0 Å². The Morgan fingerprint density at radius 1 is 0.769 bits per heavy atom. The molecule has 0 amide bonds. The second-order valence-electron chi connectivity index (χ2n) is 0.958. The summed E-state index contributed by atoms with van der Waals surface area (Å²) >= 11 is 30.6. The van der Waals surface area contributed by atoms with E-state index in [2.05, 4.69) is 58.0 Å². The summed E-state index contributed by atoms with van der Waals surface area (Å²) in [6.45, 7) is 0. The van der Waals surface area contributed by atoms with Gasteiger partial charge in [-0.15, -0.1) is 23.2 Å². The Kier molecular flexibility index (Phi) is 16.1. The van der Waals surface area contributed by atoms with E-state index in [1.165, 1.54) is 0 Å². The SMILES string of the molecule is ClCCl.FC(Cl)(Cl)Cl.FC(F)(Cl)Cl. The van der Waals surface area contributed by atoms with E-state index in [0.29, 0.717) is 0 Å². The number of hydrogen-bond donors (Lipinski definition) is 0. The molecular weight excluding hydrogens is 341 g/mol. The van der Waals surface area contributed by atoms with Crippen LogP contribution in [-0.2, 0) is 0 Å². The Hall–Kier alpha value is 1.82. The Bertz CT molecular complexity index is 72.1. The summed E-state index contributed by atoms with van der Waals surface area (Å²) in [6.07, 6.45) is 0. The highest BCUT2D eigenvalue weighted by molar-refractivity contribution is 6.66. The fraction of sp³-hybridized carbons (Fsp3) is 1.00. The van der Waals surface area contributed by atoms with E-state index < -0.39 is 8.89 Å². The maximum atomic E-state index is 11.0. The molecule has 0 bridgehead atoms. The van der Waals surface area contributed by atoms with Crippen LogP contribution in [0.3, 0.4) is 0 Å². The molecule has 13 heavy (non-hydrogen) atoms.